The van der Waals surface area contributed by atoms with Crippen molar-refractivity contribution in [2.75, 3.05) is 6.61 Å². The highest BCUT2D eigenvalue weighted by Gasteiger charge is 2.52. The molecule has 0 bridgehead atoms. The number of halogens is 3. The van der Waals surface area contributed by atoms with E-state index in [2.05, 4.69) is 0 Å². The normalized spacial score (nSPS) is 17.3. The molecule has 1 amide bonds. The van der Waals surface area contributed by atoms with Crippen LogP contribution in [0.15, 0.2) is 22.6 Å². The Kier molecular flexibility index (Phi) is 7.44. The molecule has 2 aromatic rings. The van der Waals surface area contributed by atoms with Crippen LogP contribution in [0.3, 0.4) is 0 Å². The average Bonchev–Trinajstić information content (AvgIpc) is 3.47. The summed E-state index contributed by atoms with van der Waals surface area (Å²) in [4.78, 5) is 24.8. The summed E-state index contributed by atoms with van der Waals surface area (Å²) in [7, 11) is 0. The highest BCUT2D eigenvalue weighted by atomic mass is 32.2. The molecule has 0 unspecified atom stereocenters. The van der Waals surface area contributed by atoms with Gasteiger partial charge >= 0.3 is 12.1 Å². The summed E-state index contributed by atoms with van der Waals surface area (Å²) >= 11 is -2.25. The van der Waals surface area contributed by atoms with Gasteiger partial charge in [-0.15, -0.1) is 4.72 Å². The van der Waals surface area contributed by atoms with Gasteiger partial charge in [0.15, 0.2) is 12.1 Å². The van der Waals surface area contributed by atoms with E-state index in [1.54, 1.807) is 12.1 Å². The number of hydrogen-bond acceptors (Lipinski definition) is 6. The zero-order valence-corrected chi connectivity index (χ0v) is 19.9. The maximum Gasteiger partial charge on any atom is 0.410 e. The van der Waals surface area contributed by atoms with Crippen molar-refractivity contribution >= 4 is 34.2 Å². The summed E-state index contributed by atoms with van der Waals surface area (Å²) in [6, 6.07) is -0.487. The van der Waals surface area contributed by atoms with E-state index in [0.29, 0.717) is 23.9 Å². The molecule has 1 aromatic carbocycles. The Morgan fingerprint density at radius 2 is 1.94 bits per heavy atom. The zero-order chi connectivity index (χ0) is 25.4. The Morgan fingerprint density at radius 1 is 1.29 bits per heavy atom. The fraction of sp³-hybridized carbons (Fsp3) is 0.545. The van der Waals surface area contributed by atoms with Gasteiger partial charge in [-0.3, -0.25) is 4.79 Å². The number of aliphatic carboxylic acids is 1. The first-order valence-electron chi connectivity index (χ1n) is 10.6. The maximum atomic E-state index is 13.8. The molecule has 3 rings (SSSR count). The third kappa shape index (κ3) is 6.16. The standard InChI is InChI=1S/C22H27F3N2O6S/c1-11-16(14-9-13(7-8-15(14)33-11)32-10-12-5-6-12)19(28)26-17(20(29)30)18(22(23,24)25)27-34(31)21(2,3)4/h7-9,12,17-18,27H,5-6,10H2,1-4H3,(H,26,28)(H,29,30)/t17-,18-,34-/m1/s1. The summed E-state index contributed by atoms with van der Waals surface area (Å²) in [5, 5.41) is 11.7. The summed E-state index contributed by atoms with van der Waals surface area (Å²) in [5.74, 6) is -1.97. The van der Waals surface area contributed by atoms with Crippen molar-refractivity contribution in [3.63, 3.8) is 0 Å². The van der Waals surface area contributed by atoms with Crippen LogP contribution in [0.4, 0.5) is 13.2 Å². The van der Waals surface area contributed by atoms with Crippen molar-refractivity contribution in [3.8, 4) is 5.75 Å². The van der Waals surface area contributed by atoms with Gasteiger partial charge < -0.3 is 24.1 Å². The molecule has 0 saturated heterocycles. The van der Waals surface area contributed by atoms with Crippen molar-refractivity contribution in [3.05, 3.63) is 29.5 Å². The number of ether oxygens (including phenoxy) is 1. The molecule has 1 fully saturated rings. The molecule has 0 radical (unpaired) electrons. The molecule has 1 aliphatic rings. The zero-order valence-electron chi connectivity index (χ0n) is 19.1. The minimum Gasteiger partial charge on any atom is -0.598 e. The number of aryl methyl sites for hydroxylation is 1. The van der Waals surface area contributed by atoms with Gasteiger partial charge in [-0.05, 0) is 64.7 Å². The number of carbonyl (C=O) groups excluding carboxylic acids is 1. The van der Waals surface area contributed by atoms with Crippen molar-refractivity contribution < 1.29 is 41.6 Å². The number of alkyl halides is 3. The van der Waals surface area contributed by atoms with E-state index < -0.39 is 46.2 Å². The summed E-state index contributed by atoms with van der Waals surface area (Å²) < 4.78 is 65.6. The van der Waals surface area contributed by atoms with Crippen LogP contribution in [0.5, 0.6) is 5.75 Å². The molecule has 1 saturated carbocycles. The van der Waals surface area contributed by atoms with E-state index in [0.717, 1.165) is 12.8 Å². The van der Waals surface area contributed by atoms with Gasteiger partial charge in [-0.25, -0.2) is 4.79 Å². The van der Waals surface area contributed by atoms with Crippen LogP contribution >= 0.6 is 0 Å². The fourth-order valence-electron chi connectivity index (χ4n) is 3.19. The Labute approximate surface area is 197 Å². The van der Waals surface area contributed by atoms with E-state index in [4.69, 9.17) is 9.15 Å². The second kappa shape index (κ2) is 9.67. The van der Waals surface area contributed by atoms with Gasteiger partial charge in [-0.2, -0.15) is 13.2 Å². The average molecular weight is 505 g/mol. The number of rotatable bonds is 9. The molecule has 188 valence electrons. The molecule has 34 heavy (non-hydrogen) atoms. The maximum absolute atomic E-state index is 13.8. The number of carboxylic acid groups (broad SMARTS) is 1. The van der Waals surface area contributed by atoms with Crippen LogP contribution in [0, 0.1) is 12.8 Å². The Morgan fingerprint density at radius 3 is 2.47 bits per heavy atom. The SMILES string of the molecule is Cc1oc2ccc(OCC3CC3)cc2c1C(=O)N[C@@H](C(=O)O)[C@@H](N[S@+]([O-])C(C)(C)C)C(F)(F)F. The van der Waals surface area contributed by atoms with Crippen LogP contribution < -0.4 is 14.8 Å². The molecule has 1 aliphatic carbocycles. The molecular weight excluding hydrogens is 477 g/mol. The number of furan rings is 1. The van der Waals surface area contributed by atoms with Crippen LogP contribution in [0.2, 0.25) is 0 Å². The third-order valence-corrected chi connectivity index (χ3v) is 6.85. The summed E-state index contributed by atoms with van der Waals surface area (Å²) in [6.45, 7) is 6.25. The fourth-order valence-corrected chi connectivity index (χ4v) is 4.04. The van der Waals surface area contributed by atoms with Crippen LogP contribution in [-0.4, -0.2) is 51.1 Å². The first-order valence-corrected chi connectivity index (χ1v) is 11.8. The van der Waals surface area contributed by atoms with Gasteiger partial charge in [-0.1, -0.05) is 0 Å². The van der Waals surface area contributed by atoms with Crippen LogP contribution in [0.1, 0.15) is 49.7 Å². The number of carboxylic acids is 1. The Hall–Kier alpha value is -2.44. The van der Waals surface area contributed by atoms with Gasteiger partial charge in [0, 0.05) is 16.7 Å². The molecule has 1 aromatic heterocycles. The summed E-state index contributed by atoms with van der Waals surface area (Å²) in [6.07, 6.45) is -2.97. The van der Waals surface area contributed by atoms with E-state index >= 15 is 0 Å². The largest absolute Gasteiger partial charge is 0.598 e. The minimum atomic E-state index is -5.12. The molecule has 0 aliphatic heterocycles. The van der Waals surface area contributed by atoms with E-state index in [-0.39, 0.29) is 16.7 Å². The second-order valence-electron chi connectivity index (χ2n) is 9.25. The first-order chi connectivity index (χ1) is 15.7. The molecule has 8 nitrogen and oxygen atoms in total. The smallest absolute Gasteiger partial charge is 0.410 e. The number of fused-ring (bicyclic) bond motifs is 1. The number of carbonyl (C=O) groups is 2. The highest BCUT2D eigenvalue weighted by molar-refractivity contribution is 7.90. The van der Waals surface area contributed by atoms with Gasteiger partial charge in [0.25, 0.3) is 5.91 Å². The highest BCUT2D eigenvalue weighted by Crippen LogP contribution is 2.33. The van der Waals surface area contributed by atoms with Crippen molar-refractivity contribution in [1.29, 1.82) is 0 Å². The Balaban J connectivity index is 1.89. The monoisotopic (exact) mass is 504 g/mol. The van der Waals surface area contributed by atoms with Gasteiger partial charge in [0.05, 0.1) is 12.2 Å². The van der Waals surface area contributed by atoms with Crippen molar-refractivity contribution in [1.82, 2.24) is 10.0 Å². The minimum absolute atomic E-state index is 0.101. The Bertz CT molecular complexity index is 1060. The van der Waals surface area contributed by atoms with Crippen LogP contribution in [0.25, 0.3) is 11.0 Å². The number of hydrogen-bond donors (Lipinski definition) is 3. The lowest BCUT2D eigenvalue weighted by Crippen LogP contribution is -2.63. The van der Waals surface area contributed by atoms with E-state index in [1.165, 1.54) is 33.8 Å². The topological polar surface area (TPSA) is 124 Å². The lowest BCUT2D eigenvalue weighted by Gasteiger charge is -2.31. The first kappa shape index (κ1) is 26.2. The lowest BCUT2D eigenvalue weighted by atomic mass is 10.1. The van der Waals surface area contributed by atoms with Gasteiger partial charge in [0.1, 0.15) is 21.8 Å². The van der Waals surface area contributed by atoms with E-state index in [9.17, 15) is 32.4 Å². The lowest BCUT2D eigenvalue weighted by molar-refractivity contribution is -0.169. The van der Waals surface area contributed by atoms with Crippen molar-refractivity contribution in [2.24, 2.45) is 5.92 Å². The molecule has 12 heteroatoms. The summed E-state index contributed by atoms with van der Waals surface area (Å²) in [5.41, 5.74) is 0.198. The van der Waals surface area contributed by atoms with Crippen LogP contribution in [-0.2, 0) is 16.2 Å². The second-order valence-corrected chi connectivity index (χ2v) is 11.3. The molecule has 0 spiro atoms. The van der Waals surface area contributed by atoms with Crippen molar-refractivity contribution in [2.45, 2.75) is 63.5 Å². The molecular formula is C22H27F3N2O6S. The number of nitrogens with one attached hydrogen (secondary N) is 2. The number of benzene rings is 1. The quantitative estimate of drug-likeness (QED) is 0.445. The predicted octanol–water partition coefficient (Wildman–Crippen LogP) is 3.70. The molecule has 1 heterocycles. The van der Waals surface area contributed by atoms with E-state index in [1.807, 2.05) is 10.0 Å². The van der Waals surface area contributed by atoms with Gasteiger partial charge in [0.2, 0.25) is 0 Å². The molecule has 3 atom stereocenters. The third-order valence-electron chi connectivity index (χ3n) is 5.27. The number of amides is 1. The molecule has 3 N–H and O–H groups in total. The predicted molar refractivity (Wildman–Crippen MR) is 119 cm³/mol.